The Morgan fingerprint density at radius 2 is 2.23 bits per heavy atom. The van der Waals surface area contributed by atoms with E-state index in [1.807, 2.05) is 6.92 Å². The molecule has 30 heavy (non-hydrogen) atoms. The molecule has 2 aromatic heterocycles. The topological polar surface area (TPSA) is 83.0 Å². The minimum atomic E-state index is -0.146. The summed E-state index contributed by atoms with van der Waals surface area (Å²) < 4.78 is 12.9. The molecule has 0 bridgehead atoms. The van der Waals surface area contributed by atoms with Crippen LogP contribution in [0.3, 0.4) is 0 Å². The van der Waals surface area contributed by atoms with Crippen LogP contribution in [0.2, 0.25) is 5.02 Å². The molecule has 7 nitrogen and oxygen atoms in total. The van der Waals surface area contributed by atoms with E-state index < -0.39 is 0 Å². The number of hydrogen-bond donors (Lipinski definition) is 0. The minimum Gasteiger partial charge on any atom is -0.376 e. The molecule has 0 aliphatic carbocycles. The second-order valence-electron chi connectivity index (χ2n) is 7.52. The van der Waals surface area contributed by atoms with Crippen LogP contribution in [-0.4, -0.2) is 32.4 Å². The lowest BCUT2D eigenvalue weighted by molar-refractivity contribution is 0.0937. The van der Waals surface area contributed by atoms with Crippen LogP contribution in [0.15, 0.2) is 32.7 Å². The number of thioether (sulfide) groups is 1. The zero-order valence-electron chi connectivity index (χ0n) is 17.1. The van der Waals surface area contributed by atoms with Crippen molar-refractivity contribution >= 4 is 34.3 Å². The highest BCUT2D eigenvalue weighted by Crippen LogP contribution is 2.33. The third-order valence-electron chi connectivity index (χ3n) is 5.16. The molecule has 0 saturated carbocycles. The van der Waals surface area contributed by atoms with Crippen LogP contribution in [-0.2, 0) is 17.7 Å². The van der Waals surface area contributed by atoms with Crippen molar-refractivity contribution < 1.29 is 9.26 Å². The van der Waals surface area contributed by atoms with Crippen molar-refractivity contribution in [1.29, 1.82) is 0 Å². The molecule has 1 saturated heterocycles. The van der Waals surface area contributed by atoms with Gasteiger partial charge in [-0.3, -0.25) is 9.36 Å². The monoisotopic (exact) mass is 448 g/mol. The van der Waals surface area contributed by atoms with Crippen molar-refractivity contribution in [2.24, 2.45) is 0 Å². The first-order valence-electron chi connectivity index (χ1n) is 10.4. The van der Waals surface area contributed by atoms with Gasteiger partial charge in [0.1, 0.15) is 0 Å². The maximum Gasteiger partial charge on any atom is 0.262 e. The smallest absolute Gasteiger partial charge is 0.262 e. The number of ether oxygens (including phenoxy) is 1. The van der Waals surface area contributed by atoms with Gasteiger partial charge in [-0.1, -0.05) is 41.9 Å². The molecule has 1 fully saturated rings. The summed E-state index contributed by atoms with van der Waals surface area (Å²) in [5, 5.41) is 5.63. The number of rotatable bonds is 8. The summed E-state index contributed by atoms with van der Waals surface area (Å²) >= 11 is 7.57. The molecular formula is C21H25ClN4O3S. The summed E-state index contributed by atoms with van der Waals surface area (Å²) in [6, 6.07) is 5.17. The number of unbranched alkanes of at least 4 members (excludes halogenated alkanes) is 1. The molecule has 2 atom stereocenters. The molecule has 4 rings (SSSR count). The zero-order chi connectivity index (χ0) is 21.1. The molecule has 160 valence electrons. The van der Waals surface area contributed by atoms with Crippen LogP contribution < -0.4 is 5.56 Å². The summed E-state index contributed by atoms with van der Waals surface area (Å²) in [6.45, 7) is 5.32. The highest BCUT2D eigenvalue weighted by molar-refractivity contribution is 7.99. The summed E-state index contributed by atoms with van der Waals surface area (Å²) in [5.74, 6) is 1.25. The van der Waals surface area contributed by atoms with Gasteiger partial charge >= 0.3 is 0 Å². The van der Waals surface area contributed by atoms with Gasteiger partial charge in [0.2, 0.25) is 5.89 Å². The quantitative estimate of drug-likeness (QED) is 0.361. The number of fused-ring (bicyclic) bond motifs is 1. The predicted molar refractivity (Wildman–Crippen MR) is 117 cm³/mol. The van der Waals surface area contributed by atoms with Crippen LogP contribution in [0.5, 0.6) is 0 Å². The molecule has 0 spiro atoms. The van der Waals surface area contributed by atoms with E-state index >= 15 is 0 Å². The van der Waals surface area contributed by atoms with E-state index in [9.17, 15) is 4.79 Å². The zero-order valence-corrected chi connectivity index (χ0v) is 18.7. The van der Waals surface area contributed by atoms with Crippen LogP contribution in [0, 0.1) is 0 Å². The highest BCUT2D eigenvalue weighted by Gasteiger charge is 2.23. The SMILES string of the molecule is CCCCc1noc(C(C)Sc2nc3cc(Cl)ccc3c(=O)n2CC2CCCO2)n1. The Morgan fingerprint density at radius 3 is 3.00 bits per heavy atom. The van der Waals surface area contributed by atoms with Crippen LogP contribution in [0.1, 0.15) is 56.5 Å². The molecule has 0 N–H and O–H groups in total. The van der Waals surface area contributed by atoms with E-state index in [4.69, 9.17) is 25.8 Å². The number of aromatic nitrogens is 4. The van der Waals surface area contributed by atoms with Crippen molar-refractivity contribution in [2.45, 2.75) is 69.0 Å². The fourth-order valence-corrected chi connectivity index (χ4v) is 4.61. The second kappa shape index (κ2) is 9.49. The van der Waals surface area contributed by atoms with Gasteiger partial charge in [-0.2, -0.15) is 4.98 Å². The van der Waals surface area contributed by atoms with Gasteiger partial charge in [0.25, 0.3) is 5.56 Å². The third-order valence-corrected chi connectivity index (χ3v) is 6.47. The molecule has 1 aromatic carbocycles. The van der Waals surface area contributed by atoms with Gasteiger partial charge in [0, 0.05) is 18.1 Å². The van der Waals surface area contributed by atoms with Crippen molar-refractivity contribution in [3.05, 3.63) is 45.3 Å². The maximum atomic E-state index is 13.2. The fraction of sp³-hybridized carbons (Fsp3) is 0.524. The Hall–Kier alpha value is -1.90. The molecule has 1 aliphatic heterocycles. The number of benzene rings is 1. The van der Waals surface area contributed by atoms with E-state index in [1.165, 1.54) is 11.8 Å². The van der Waals surface area contributed by atoms with Gasteiger partial charge < -0.3 is 9.26 Å². The first kappa shape index (κ1) is 21.3. The van der Waals surface area contributed by atoms with Crippen molar-refractivity contribution in [3.63, 3.8) is 0 Å². The van der Waals surface area contributed by atoms with E-state index in [1.54, 1.807) is 22.8 Å². The van der Waals surface area contributed by atoms with Crippen molar-refractivity contribution in [2.75, 3.05) is 6.61 Å². The minimum absolute atomic E-state index is 0.0213. The Kier molecular flexibility index (Phi) is 6.75. The van der Waals surface area contributed by atoms with E-state index in [0.717, 1.165) is 38.7 Å². The largest absolute Gasteiger partial charge is 0.376 e. The van der Waals surface area contributed by atoms with Gasteiger partial charge in [-0.25, -0.2) is 4.98 Å². The molecule has 3 heterocycles. The Bertz CT molecular complexity index is 1080. The summed E-state index contributed by atoms with van der Waals surface area (Å²) in [7, 11) is 0. The molecule has 9 heteroatoms. The number of halogens is 1. The van der Waals surface area contributed by atoms with Crippen molar-refractivity contribution in [1.82, 2.24) is 19.7 Å². The fourth-order valence-electron chi connectivity index (χ4n) is 3.49. The lowest BCUT2D eigenvalue weighted by Crippen LogP contribution is -2.29. The summed E-state index contributed by atoms with van der Waals surface area (Å²) in [4.78, 5) is 22.5. The average molecular weight is 449 g/mol. The predicted octanol–water partition coefficient (Wildman–Crippen LogP) is 4.81. The van der Waals surface area contributed by atoms with E-state index in [0.29, 0.717) is 39.3 Å². The molecule has 2 unspecified atom stereocenters. The van der Waals surface area contributed by atoms with Crippen LogP contribution in [0.25, 0.3) is 10.9 Å². The van der Waals surface area contributed by atoms with Gasteiger partial charge in [0.15, 0.2) is 11.0 Å². The average Bonchev–Trinajstić information content (AvgIpc) is 3.41. The van der Waals surface area contributed by atoms with Crippen LogP contribution >= 0.6 is 23.4 Å². The number of hydrogen-bond acceptors (Lipinski definition) is 7. The van der Waals surface area contributed by atoms with E-state index in [-0.39, 0.29) is 16.9 Å². The molecule has 1 aliphatic rings. The van der Waals surface area contributed by atoms with Gasteiger partial charge in [-0.15, -0.1) is 0 Å². The van der Waals surface area contributed by atoms with Gasteiger partial charge in [0.05, 0.1) is 28.8 Å². The van der Waals surface area contributed by atoms with Crippen LogP contribution in [0.4, 0.5) is 0 Å². The summed E-state index contributed by atoms with van der Waals surface area (Å²) in [5.41, 5.74) is 0.496. The third kappa shape index (κ3) is 4.71. The standard InChI is InChI=1S/C21H25ClN4O3S/c1-3-4-7-18-24-19(29-25-18)13(2)30-21-23-17-11-14(22)8-9-16(17)20(27)26(21)12-15-6-5-10-28-15/h8-9,11,13,15H,3-7,10,12H2,1-2H3. The molecule has 0 radical (unpaired) electrons. The Labute approximate surface area is 184 Å². The molecular weight excluding hydrogens is 424 g/mol. The van der Waals surface area contributed by atoms with E-state index in [2.05, 4.69) is 17.1 Å². The normalized spacial score (nSPS) is 17.6. The molecule has 3 aromatic rings. The maximum absolute atomic E-state index is 13.2. The Balaban J connectivity index is 1.66. The van der Waals surface area contributed by atoms with Crippen molar-refractivity contribution in [3.8, 4) is 0 Å². The number of nitrogens with zero attached hydrogens (tertiary/aromatic N) is 4. The Morgan fingerprint density at radius 1 is 1.37 bits per heavy atom. The first-order valence-corrected chi connectivity index (χ1v) is 11.6. The highest BCUT2D eigenvalue weighted by atomic mass is 35.5. The van der Waals surface area contributed by atoms with Gasteiger partial charge in [-0.05, 0) is 44.4 Å². The summed E-state index contributed by atoms with van der Waals surface area (Å²) in [6.07, 6.45) is 4.87. The molecule has 0 amide bonds. The lowest BCUT2D eigenvalue weighted by Gasteiger charge is -2.17. The second-order valence-corrected chi connectivity index (χ2v) is 9.26. The number of aryl methyl sites for hydroxylation is 1. The first-order chi connectivity index (χ1) is 14.5. The lowest BCUT2D eigenvalue weighted by atomic mass is 10.2.